The molecule has 0 saturated carbocycles. The zero-order chi connectivity index (χ0) is 19.7. The molecule has 1 saturated heterocycles. The van der Waals surface area contributed by atoms with Crippen LogP contribution in [0.2, 0.25) is 0 Å². The molecule has 2 heterocycles. The molecule has 2 aromatic carbocycles. The molecular weight excluding hydrogens is 348 g/mol. The number of carbonyl (C=O) groups is 1. The molecule has 2 aliphatic heterocycles. The molecule has 148 valence electrons. The lowest BCUT2D eigenvalue weighted by atomic mass is 10.0. The van der Waals surface area contributed by atoms with Crippen molar-refractivity contribution in [1.29, 1.82) is 0 Å². The normalized spacial score (nSPS) is 17.8. The Labute approximate surface area is 167 Å². The summed E-state index contributed by atoms with van der Waals surface area (Å²) in [4.78, 5) is 19.7. The van der Waals surface area contributed by atoms with Gasteiger partial charge in [-0.1, -0.05) is 30.3 Å². The van der Waals surface area contributed by atoms with Crippen LogP contribution in [0.25, 0.3) is 0 Å². The SMILES string of the molecule is CN(C)c1ccc(CN2CCC(N3Cc4cccc(CN)c4C3=O)CC2)cc1. The lowest BCUT2D eigenvalue weighted by Crippen LogP contribution is -2.44. The van der Waals surface area contributed by atoms with Crippen LogP contribution in [0, 0.1) is 0 Å². The van der Waals surface area contributed by atoms with E-state index in [1.165, 1.54) is 11.3 Å². The van der Waals surface area contributed by atoms with Crippen molar-refractivity contribution >= 4 is 11.6 Å². The van der Waals surface area contributed by atoms with Crippen LogP contribution in [-0.2, 0) is 19.6 Å². The minimum Gasteiger partial charge on any atom is -0.378 e. The summed E-state index contributed by atoms with van der Waals surface area (Å²) in [5.74, 6) is 0.175. The van der Waals surface area contributed by atoms with Gasteiger partial charge in [0, 0.05) is 64.1 Å². The summed E-state index contributed by atoms with van der Waals surface area (Å²) in [6.07, 6.45) is 2.07. The number of fused-ring (bicyclic) bond motifs is 1. The Morgan fingerprint density at radius 1 is 1.07 bits per heavy atom. The van der Waals surface area contributed by atoms with Crippen molar-refractivity contribution in [2.24, 2.45) is 5.73 Å². The summed E-state index contributed by atoms with van der Waals surface area (Å²) in [7, 11) is 4.13. The fraction of sp³-hybridized carbons (Fsp3) is 0.435. The highest BCUT2D eigenvalue weighted by molar-refractivity contribution is 6.00. The molecule has 2 N–H and O–H groups in total. The molecule has 2 aromatic rings. The first kappa shape index (κ1) is 19.0. The standard InChI is InChI=1S/C23H30N4O/c1-25(2)20-8-6-17(7-9-20)15-26-12-10-21(11-13-26)27-16-19-5-3-4-18(14-24)22(19)23(27)28/h3-9,21H,10-16,24H2,1-2H3. The number of anilines is 1. The number of hydrogen-bond acceptors (Lipinski definition) is 4. The zero-order valence-electron chi connectivity index (χ0n) is 16.9. The molecule has 1 amide bonds. The molecule has 0 aromatic heterocycles. The second kappa shape index (κ2) is 7.94. The van der Waals surface area contributed by atoms with Crippen LogP contribution in [0.3, 0.4) is 0 Å². The fourth-order valence-corrected chi connectivity index (χ4v) is 4.47. The first-order valence-corrected chi connectivity index (χ1v) is 10.2. The fourth-order valence-electron chi connectivity index (χ4n) is 4.47. The van der Waals surface area contributed by atoms with Gasteiger partial charge >= 0.3 is 0 Å². The average Bonchev–Trinajstić information content (AvgIpc) is 3.06. The number of likely N-dealkylation sites (tertiary alicyclic amines) is 1. The topological polar surface area (TPSA) is 52.8 Å². The van der Waals surface area contributed by atoms with Crippen molar-refractivity contribution in [3.8, 4) is 0 Å². The average molecular weight is 379 g/mol. The number of carbonyl (C=O) groups excluding carboxylic acids is 1. The maximum absolute atomic E-state index is 13.0. The Morgan fingerprint density at radius 3 is 2.43 bits per heavy atom. The van der Waals surface area contributed by atoms with Gasteiger partial charge in [0.2, 0.25) is 0 Å². The van der Waals surface area contributed by atoms with Gasteiger partial charge in [-0.05, 0) is 41.7 Å². The number of rotatable bonds is 5. The van der Waals surface area contributed by atoms with Crippen molar-refractivity contribution in [2.75, 3.05) is 32.1 Å². The quantitative estimate of drug-likeness (QED) is 0.869. The van der Waals surface area contributed by atoms with Crippen LogP contribution in [-0.4, -0.2) is 48.9 Å². The third kappa shape index (κ3) is 3.64. The summed E-state index contributed by atoms with van der Waals surface area (Å²) in [6, 6.07) is 15.2. The number of hydrogen-bond donors (Lipinski definition) is 1. The summed E-state index contributed by atoms with van der Waals surface area (Å²) < 4.78 is 0. The summed E-state index contributed by atoms with van der Waals surface area (Å²) in [6.45, 7) is 4.20. The van der Waals surface area contributed by atoms with Crippen LogP contribution in [0.15, 0.2) is 42.5 Å². The number of amides is 1. The van der Waals surface area contributed by atoms with Gasteiger partial charge < -0.3 is 15.5 Å². The maximum atomic E-state index is 13.0. The van der Waals surface area contributed by atoms with Gasteiger partial charge in [0.1, 0.15) is 0 Å². The Kier molecular flexibility index (Phi) is 5.38. The summed E-state index contributed by atoms with van der Waals surface area (Å²) >= 11 is 0. The first-order valence-electron chi connectivity index (χ1n) is 10.2. The second-order valence-electron chi connectivity index (χ2n) is 8.16. The van der Waals surface area contributed by atoms with E-state index in [-0.39, 0.29) is 5.91 Å². The Balaban J connectivity index is 1.35. The van der Waals surface area contributed by atoms with Gasteiger partial charge in [0.25, 0.3) is 5.91 Å². The van der Waals surface area contributed by atoms with Crippen molar-refractivity contribution in [2.45, 2.75) is 38.5 Å². The number of nitrogens with two attached hydrogens (primary N) is 1. The van der Waals surface area contributed by atoms with Gasteiger partial charge in [0.05, 0.1) is 0 Å². The Hall–Kier alpha value is -2.37. The van der Waals surface area contributed by atoms with Gasteiger partial charge in [0.15, 0.2) is 0 Å². The van der Waals surface area contributed by atoms with Crippen LogP contribution in [0.5, 0.6) is 0 Å². The Morgan fingerprint density at radius 2 is 1.79 bits per heavy atom. The zero-order valence-corrected chi connectivity index (χ0v) is 16.9. The molecule has 2 aliphatic rings. The molecular formula is C23H30N4O. The van der Waals surface area contributed by atoms with Gasteiger partial charge in [-0.25, -0.2) is 0 Å². The lowest BCUT2D eigenvalue weighted by molar-refractivity contribution is 0.0589. The minimum atomic E-state index is 0.175. The van der Waals surface area contributed by atoms with E-state index >= 15 is 0 Å². The first-order chi connectivity index (χ1) is 13.6. The van der Waals surface area contributed by atoms with Gasteiger partial charge in [-0.2, -0.15) is 0 Å². The van der Waals surface area contributed by atoms with Gasteiger partial charge in [-0.15, -0.1) is 0 Å². The predicted octanol–water partition coefficient (Wildman–Crippen LogP) is 2.83. The molecule has 5 nitrogen and oxygen atoms in total. The molecule has 1 fully saturated rings. The maximum Gasteiger partial charge on any atom is 0.255 e. The van der Waals surface area contributed by atoms with E-state index < -0.39 is 0 Å². The summed E-state index contributed by atoms with van der Waals surface area (Å²) in [5, 5.41) is 0. The van der Waals surface area contributed by atoms with Crippen LogP contribution in [0.1, 0.15) is 39.9 Å². The minimum absolute atomic E-state index is 0.175. The molecule has 0 unspecified atom stereocenters. The van der Waals surface area contributed by atoms with E-state index in [1.54, 1.807) is 0 Å². The highest BCUT2D eigenvalue weighted by Gasteiger charge is 2.35. The van der Waals surface area contributed by atoms with Crippen LogP contribution in [0.4, 0.5) is 5.69 Å². The predicted molar refractivity (Wildman–Crippen MR) is 113 cm³/mol. The lowest BCUT2D eigenvalue weighted by Gasteiger charge is -2.36. The Bertz CT molecular complexity index is 838. The van der Waals surface area contributed by atoms with Gasteiger partial charge in [-0.3, -0.25) is 9.69 Å². The molecule has 0 bridgehead atoms. The monoisotopic (exact) mass is 378 g/mol. The van der Waals surface area contributed by atoms with E-state index in [2.05, 4.69) is 59.1 Å². The van der Waals surface area contributed by atoms with Crippen LogP contribution < -0.4 is 10.6 Å². The van der Waals surface area contributed by atoms with Crippen molar-refractivity contribution < 1.29 is 4.79 Å². The smallest absolute Gasteiger partial charge is 0.255 e. The third-order valence-electron chi connectivity index (χ3n) is 6.13. The van der Waals surface area contributed by atoms with Crippen molar-refractivity contribution in [3.05, 3.63) is 64.7 Å². The van der Waals surface area contributed by atoms with E-state index in [0.29, 0.717) is 12.6 Å². The molecule has 0 atom stereocenters. The molecule has 4 rings (SSSR count). The van der Waals surface area contributed by atoms with Crippen molar-refractivity contribution in [3.63, 3.8) is 0 Å². The molecule has 5 heteroatoms. The van der Waals surface area contributed by atoms with E-state index in [1.807, 2.05) is 12.1 Å². The molecule has 0 aliphatic carbocycles. The van der Waals surface area contributed by atoms with Crippen molar-refractivity contribution in [1.82, 2.24) is 9.80 Å². The van der Waals surface area contributed by atoms with E-state index in [4.69, 9.17) is 5.73 Å². The number of piperidine rings is 1. The van der Waals surface area contributed by atoms with Crippen LogP contribution >= 0.6 is 0 Å². The molecule has 28 heavy (non-hydrogen) atoms. The number of nitrogens with zero attached hydrogens (tertiary/aromatic N) is 3. The summed E-state index contributed by atoms with van der Waals surface area (Å²) in [5.41, 5.74) is 11.4. The molecule has 0 spiro atoms. The largest absolute Gasteiger partial charge is 0.378 e. The molecule has 0 radical (unpaired) electrons. The third-order valence-corrected chi connectivity index (χ3v) is 6.13. The van der Waals surface area contributed by atoms with E-state index in [0.717, 1.165) is 55.7 Å². The highest BCUT2D eigenvalue weighted by Crippen LogP contribution is 2.31. The van der Waals surface area contributed by atoms with E-state index in [9.17, 15) is 4.79 Å². The second-order valence-corrected chi connectivity index (χ2v) is 8.16. The highest BCUT2D eigenvalue weighted by atomic mass is 16.2. The number of benzene rings is 2.